The Balaban J connectivity index is 1.59. The molecular weight excluding hydrogens is 224 g/mol. The summed E-state index contributed by atoms with van der Waals surface area (Å²) in [7, 11) is 0. The van der Waals surface area contributed by atoms with Gasteiger partial charge in [-0.15, -0.1) is 0 Å². The molecule has 0 spiro atoms. The van der Waals surface area contributed by atoms with Crippen LogP contribution in [-0.4, -0.2) is 24.5 Å². The van der Waals surface area contributed by atoms with E-state index >= 15 is 0 Å². The smallest absolute Gasteiger partial charge is 0.234 e. The molecule has 2 N–H and O–H groups in total. The number of carbonyl (C=O) groups excluding carboxylic acids is 1. The highest BCUT2D eigenvalue weighted by molar-refractivity contribution is 5.78. The number of rotatable bonds is 4. The van der Waals surface area contributed by atoms with Crippen LogP contribution < -0.4 is 10.6 Å². The first kappa shape index (κ1) is 13.9. The van der Waals surface area contributed by atoms with E-state index in [1.54, 1.807) is 0 Å². The van der Waals surface area contributed by atoms with Crippen molar-refractivity contribution in [2.45, 2.75) is 76.8 Å². The summed E-state index contributed by atoms with van der Waals surface area (Å²) in [6, 6.07) is 1.01. The van der Waals surface area contributed by atoms with Gasteiger partial charge in [0, 0.05) is 12.1 Å². The third kappa shape index (κ3) is 4.60. The highest BCUT2D eigenvalue weighted by Gasteiger charge is 2.19. The minimum absolute atomic E-state index is 0.195. The Morgan fingerprint density at radius 2 is 1.61 bits per heavy atom. The van der Waals surface area contributed by atoms with Crippen molar-refractivity contribution >= 4 is 5.91 Å². The Morgan fingerprint density at radius 1 is 0.944 bits per heavy atom. The molecule has 2 aliphatic carbocycles. The maximum atomic E-state index is 11.8. The van der Waals surface area contributed by atoms with Crippen molar-refractivity contribution in [3.63, 3.8) is 0 Å². The van der Waals surface area contributed by atoms with Crippen LogP contribution in [0.3, 0.4) is 0 Å². The van der Waals surface area contributed by atoms with E-state index in [9.17, 15) is 4.79 Å². The van der Waals surface area contributed by atoms with E-state index in [2.05, 4.69) is 17.6 Å². The minimum Gasteiger partial charge on any atom is -0.352 e. The van der Waals surface area contributed by atoms with Gasteiger partial charge in [-0.2, -0.15) is 0 Å². The third-order valence-electron chi connectivity index (χ3n) is 4.54. The van der Waals surface area contributed by atoms with Crippen LogP contribution in [0.4, 0.5) is 0 Å². The van der Waals surface area contributed by atoms with Crippen LogP contribution in [0.5, 0.6) is 0 Å². The summed E-state index contributed by atoms with van der Waals surface area (Å²) in [6.45, 7) is 2.83. The fourth-order valence-corrected chi connectivity index (χ4v) is 3.23. The van der Waals surface area contributed by atoms with Gasteiger partial charge in [-0.3, -0.25) is 4.79 Å². The summed E-state index contributed by atoms with van der Waals surface area (Å²) >= 11 is 0. The normalized spacial score (nSPS) is 30.1. The van der Waals surface area contributed by atoms with Gasteiger partial charge >= 0.3 is 0 Å². The van der Waals surface area contributed by atoms with Gasteiger partial charge in [0.25, 0.3) is 0 Å². The zero-order valence-electron chi connectivity index (χ0n) is 11.7. The van der Waals surface area contributed by atoms with Gasteiger partial charge in [0.15, 0.2) is 0 Å². The molecule has 104 valence electrons. The SMILES string of the molecule is CC1CCC(NCC(=O)NC2CCCCC2)CC1. The van der Waals surface area contributed by atoms with Crippen molar-refractivity contribution < 1.29 is 4.79 Å². The number of hydrogen-bond donors (Lipinski definition) is 2. The van der Waals surface area contributed by atoms with Gasteiger partial charge in [-0.25, -0.2) is 0 Å². The lowest BCUT2D eigenvalue weighted by molar-refractivity contribution is -0.121. The van der Waals surface area contributed by atoms with Gasteiger partial charge in [-0.1, -0.05) is 26.2 Å². The van der Waals surface area contributed by atoms with Gasteiger partial charge in [0.2, 0.25) is 5.91 Å². The van der Waals surface area contributed by atoms with E-state index in [0.717, 1.165) is 5.92 Å². The lowest BCUT2D eigenvalue weighted by Crippen LogP contribution is -2.44. The zero-order chi connectivity index (χ0) is 12.8. The van der Waals surface area contributed by atoms with Crippen LogP contribution in [-0.2, 0) is 4.79 Å². The quantitative estimate of drug-likeness (QED) is 0.807. The zero-order valence-corrected chi connectivity index (χ0v) is 11.7. The molecule has 0 radical (unpaired) electrons. The molecule has 0 aliphatic heterocycles. The Morgan fingerprint density at radius 3 is 2.28 bits per heavy atom. The highest BCUT2D eigenvalue weighted by Crippen LogP contribution is 2.23. The summed E-state index contributed by atoms with van der Waals surface area (Å²) in [6.07, 6.45) is 11.3. The second kappa shape index (κ2) is 7.13. The summed E-state index contributed by atoms with van der Waals surface area (Å²) in [5, 5.41) is 6.59. The Bertz CT molecular complexity index is 253. The third-order valence-corrected chi connectivity index (χ3v) is 4.54. The van der Waals surface area contributed by atoms with E-state index in [1.807, 2.05) is 0 Å². The van der Waals surface area contributed by atoms with Gasteiger partial charge in [0.1, 0.15) is 0 Å². The van der Waals surface area contributed by atoms with Crippen LogP contribution in [0.25, 0.3) is 0 Å². The average molecular weight is 252 g/mol. The molecule has 2 aliphatic rings. The van der Waals surface area contributed by atoms with Gasteiger partial charge in [-0.05, 0) is 44.4 Å². The standard InChI is InChI=1S/C15H28N2O/c1-12-7-9-13(10-8-12)16-11-15(18)17-14-5-3-2-4-6-14/h12-14,16H,2-11H2,1H3,(H,17,18). The van der Waals surface area contributed by atoms with Gasteiger partial charge in [0.05, 0.1) is 6.54 Å². The molecule has 3 nitrogen and oxygen atoms in total. The molecule has 0 aromatic carbocycles. The Hall–Kier alpha value is -0.570. The van der Waals surface area contributed by atoms with Crippen molar-refractivity contribution in [1.82, 2.24) is 10.6 Å². The van der Waals surface area contributed by atoms with E-state index in [-0.39, 0.29) is 5.91 Å². The molecule has 0 saturated heterocycles. The summed E-state index contributed by atoms with van der Waals surface area (Å²) in [5.74, 6) is 1.07. The number of carbonyl (C=O) groups is 1. The van der Waals surface area contributed by atoms with E-state index < -0.39 is 0 Å². The highest BCUT2D eigenvalue weighted by atomic mass is 16.1. The van der Waals surface area contributed by atoms with Crippen molar-refractivity contribution in [3.05, 3.63) is 0 Å². The van der Waals surface area contributed by atoms with Gasteiger partial charge < -0.3 is 10.6 Å². The lowest BCUT2D eigenvalue weighted by atomic mass is 9.87. The molecule has 2 saturated carbocycles. The lowest BCUT2D eigenvalue weighted by Gasteiger charge is -2.27. The monoisotopic (exact) mass is 252 g/mol. The molecule has 0 unspecified atom stereocenters. The average Bonchev–Trinajstić information content (AvgIpc) is 2.39. The largest absolute Gasteiger partial charge is 0.352 e. The molecule has 1 amide bonds. The van der Waals surface area contributed by atoms with Crippen LogP contribution in [0.1, 0.15) is 64.7 Å². The van der Waals surface area contributed by atoms with Crippen LogP contribution >= 0.6 is 0 Å². The summed E-state index contributed by atoms with van der Waals surface area (Å²) < 4.78 is 0. The molecule has 18 heavy (non-hydrogen) atoms. The molecule has 0 heterocycles. The predicted molar refractivity (Wildman–Crippen MR) is 74.4 cm³/mol. The molecule has 3 heteroatoms. The minimum atomic E-state index is 0.195. The van der Waals surface area contributed by atoms with Crippen LogP contribution in [0.2, 0.25) is 0 Å². The fourth-order valence-electron chi connectivity index (χ4n) is 3.23. The van der Waals surface area contributed by atoms with Crippen LogP contribution in [0.15, 0.2) is 0 Å². The van der Waals surface area contributed by atoms with E-state index in [1.165, 1.54) is 57.8 Å². The molecule has 2 fully saturated rings. The predicted octanol–water partition coefficient (Wildman–Crippen LogP) is 2.60. The first-order valence-electron chi connectivity index (χ1n) is 7.77. The molecule has 0 aromatic heterocycles. The molecule has 2 rings (SSSR count). The molecule has 0 aromatic rings. The summed E-state index contributed by atoms with van der Waals surface area (Å²) in [4.78, 5) is 11.8. The van der Waals surface area contributed by atoms with Crippen molar-refractivity contribution in [2.75, 3.05) is 6.54 Å². The second-order valence-corrected chi connectivity index (χ2v) is 6.24. The maximum absolute atomic E-state index is 11.8. The van der Waals surface area contributed by atoms with Crippen molar-refractivity contribution in [1.29, 1.82) is 0 Å². The van der Waals surface area contributed by atoms with E-state index in [4.69, 9.17) is 0 Å². The van der Waals surface area contributed by atoms with E-state index in [0.29, 0.717) is 18.6 Å². The van der Waals surface area contributed by atoms with Crippen molar-refractivity contribution in [3.8, 4) is 0 Å². The number of amides is 1. The topological polar surface area (TPSA) is 41.1 Å². The number of nitrogens with one attached hydrogen (secondary N) is 2. The molecule has 0 atom stereocenters. The Kier molecular flexibility index (Phi) is 5.48. The first-order valence-corrected chi connectivity index (χ1v) is 7.77. The number of hydrogen-bond acceptors (Lipinski definition) is 2. The second-order valence-electron chi connectivity index (χ2n) is 6.24. The fraction of sp³-hybridized carbons (Fsp3) is 0.933. The van der Waals surface area contributed by atoms with Crippen molar-refractivity contribution in [2.24, 2.45) is 5.92 Å². The Labute approximate surface area is 111 Å². The van der Waals surface area contributed by atoms with Crippen LogP contribution in [0, 0.1) is 5.92 Å². The first-order chi connectivity index (χ1) is 8.74. The summed E-state index contributed by atoms with van der Waals surface area (Å²) in [5.41, 5.74) is 0. The molecular formula is C15H28N2O. The maximum Gasteiger partial charge on any atom is 0.234 e. The molecule has 0 bridgehead atoms.